The van der Waals surface area contributed by atoms with Crippen molar-refractivity contribution in [3.05, 3.63) is 23.8 Å². The minimum atomic E-state index is -0.0359. The van der Waals surface area contributed by atoms with Gasteiger partial charge in [-0.1, -0.05) is 18.2 Å². The largest absolute Gasteiger partial charge is 0.312 e. The molecule has 1 unspecified atom stereocenters. The Balaban J connectivity index is 2.66. The van der Waals surface area contributed by atoms with Crippen molar-refractivity contribution in [2.75, 3.05) is 0 Å². The summed E-state index contributed by atoms with van der Waals surface area (Å²) in [5, 5.41) is 7.02. The molecule has 1 N–H and O–H groups in total. The predicted molar refractivity (Wildman–Crippen MR) is 39.8 cm³/mol. The van der Waals surface area contributed by atoms with Gasteiger partial charge in [0.15, 0.2) is 0 Å². The van der Waals surface area contributed by atoms with Crippen LogP contribution in [0.2, 0.25) is 0 Å². The van der Waals surface area contributed by atoms with Crippen LogP contribution in [0.5, 0.6) is 0 Å². The first-order valence-corrected chi connectivity index (χ1v) is 3.01. The summed E-state index contributed by atoms with van der Waals surface area (Å²) in [5.74, 6) is 0. The molecule has 0 saturated heterocycles. The molecule has 0 saturated carbocycles. The maximum atomic E-state index is 7.02. The molecule has 0 aromatic heterocycles. The smallest absolute Gasteiger partial charge is 0.0455 e. The van der Waals surface area contributed by atoms with Gasteiger partial charge in [-0.2, -0.15) is 0 Å². The second-order valence-electron chi connectivity index (χ2n) is 2.77. The summed E-state index contributed by atoms with van der Waals surface area (Å²) in [5.41, 5.74) is 2.27. The van der Waals surface area contributed by atoms with Gasteiger partial charge in [-0.25, -0.2) is 0 Å². The van der Waals surface area contributed by atoms with E-state index in [2.05, 4.69) is 12.7 Å². The van der Waals surface area contributed by atoms with E-state index in [0.29, 0.717) is 0 Å². The molecule has 1 aliphatic rings. The van der Waals surface area contributed by atoms with E-state index in [4.69, 9.17) is 5.41 Å². The normalized spacial score (nSPS) is 31.1. The van der Waals surface area contributed by atoms with Gasteiger partial charge in [0.25, 0.3) is 0 Å². The molecular weight excluding hydrogens is 110 g/mol. The molecule has 1 heteroatoms. The lowest BCUT2D eigenvalue weighted by atomic mass is 10.0. The van der Waals surface area contributed by atoms with Crippen LogP contribution in [0.15, 0.2) is 23.8 Å². The number of nitrogens with one attached hydrogen (secondary N) is 1. The number of hydrogen-bond donors (Lipinski definition) is 1. The summed E-state index contributed by atoms with van der Waals surface area (Å²) in [6.45, 7) is 7.78. The second kappa shape index (κ2) is 1.56. The summed E-state index contributed by atoms with van der Waals surface area (Å²) in [4.78, 5) is 0. The van der Waals surface area contributed by atoms with Crippen LogP contribution in [0, 0.1) is 10.8 Å². The average molecular weight is 121 g/mol. The lowest BCUT2D eigenvalue weighted by Crippen LogP contribution is -1.99. The highest BCUT2D eigenvalue weighted by Gasteiger charge is 2.36. The van der Waals surface area contributed by atoms with Crippen molar-refractivity contribution in [1.82, 2.24) is 0 Å². The Morgan fingerprint density at radius 1 is 1.89 bits per heavy atom. The highest BCUT2D eigenvalue weighted by atomic mass is 14.5. The van der Waals surface area contributed by atoms with Crippen molar-refractivity contribution in [2.24, 2.45) is 5.41 Å². The first kappa shape index (κ1) is 6.27. The highest BCUT2D eigenvalue weighted by Crippen LogP contribution is 2.45. The third-order valence-electron chi connectivity index (χ3n) is 1.70. The Kier molecular flexibility index (Phi) is 1.09. The van der Waals surface area contributed by atoms with Gasteiger partial charge < -0.3 is 5.41 Å². The summed E-state index contributed by atoms with van der Waals surface area (Å²) in [6.07, 6.45) is 3.51. The molecule has 0 bridgehead atoms. The molecule has 0 radical (unpaired) electrons. The summed E-state index contributed by atoms with van der Waals surface area (Å²) in [7, 11) is 0. The Hall–Kier alpha value is -0.850. The third-order valence-corrected chi connectivity index (χ3v) is 1.70. The molecule has 0 amide bonds. The van der Waals surface area contributed by atoms with E-state index in [1.54, 1.807) is 0 Å². The zero-order valence-electron chi connectivity index (χ0n) is 5.86. The maximum Gasteiger partial charge on any atom is 0.0455 e. The number of rotatable bonds is 2. The molecule has 1 nitrogen and oxygen atoms in total. The fraction of sp³-hybridized carbons (Fsp3) is 0.375. The van der Waals surface area contributed by atoms with Crippen molar-refractivity contribution < 1.29 is 0 Å². The number of allylic oxidation sites excluding steroid dienone is 3. The average Bonchev–Trinajstić information content (AvgIpc) is 2.44. The molecule has 0 fully saturated rings. The van der Waals surface area contributed by atoms with Crippen LogP contribution in [-0.2, 0) is 0 Å². The molecule has 1 aliphatic carbocycles. The summed E-state index contributed by atoms with van der Waals surface area (Å²) < 4.78 is 0. The van der Waals surface area contributed by atoms with Crippen LogP contribution in [0.3, 0.4) is 0 Å². The summed E-state index contributed by atoms with van der Waals surface area (Å²) >= 11 is 0. The van der Waals surface area contributed by atoms with E-state index < -0.39 is 0 Å². The standard InChI is InChI=1S/C8H11N/c1-6(2)7-4-8(7,3)5-9/h4-5,9H,1H2,2-3H3. The van der Waals surface area contributed by atoms with E-state index in [1.165, 1.54) is 11.8 Å². The molecule has 0 heterocycles. The van der Waals surface area contributed by atoms with Gasteiger partial charge in [-0.3, -0.25) is 0 Å². The third kappa shape index (κ3) is 0.826. The van der Waals surface area contributed by atoms with Gasteiger partial charge >= 0.3 is 0 Å². The maximum absolute atomic E-state index is 7.02. The second-order valence-corrected chi connectivity index (χ2v) is 2.77. The molecule has 0 aromatic rings. The van der Waals surface area contributed by atoms with Crippen molar-refractivity contribution in [2.45, 2.75) is 13.8 Å². The Labute approximate surface area is 55.6 Å². The quantitative estimate of drug-likeness (QED) is 0.541. The van der Waals surface area contributed by atoms with Crippen molar-refractivity contribution in [1.29, 1.82) is 5.41 Å². The lowest BCUT2D eigenvalue weighted by Gasteiger charge is -2.01. The van der Waals surface area contributed by atoms with E-state index in [0.717, 1.165) is 5.57 Å². The number of hydrogen-bond acceptors (Lipinski definition) is 1. The van der Waals surface area contributed by atoms with Crippen molar-refractivity contribution >= 4 is 6.21 Å². The Morgan fingerprint density at radius 2 is 2.44 bits per heavy atom. The van der Waals surface area contributed by atoms with E-state index >= 15 is 0 Å². The zero-order chi connectivity index (χ0) is 7.07. The Bertz CT molecular complexity index is 201. The highest BCUT2D eigenvalue weighted by molar-refractivity contribution is 5.80. The van der Waals surface area contributed by atoms with Crippen molar-refractivity contribution in [3.8, 4) is 0 Å². The topological polar surface area (TPSA) is 23.9 Å². The molecule has 9 heavy (non-hydrogen) atoms. The van der Waals surface area contributed by atoms with Crippen molar-refractivity contribution in [3.63, 3.8) is 0 Å². The van der Waals surface area contributed by atoms with Gasteiger partial charge in [0.2, 0.25) is 0 Å². The van der Waals surface area contributed by atoms with Crippen LogP contribution in [-0.4, -0.2) is 6.21 Å². The fourth-order valence-electron chi connectivity index (χ4n) is 0.966. The van der Waals surface area contributed by atoms with Gasteiger partial charge in [0.05, 0.1) is 0 Å². The molecular formula is C8H11N. The molecule has 0 aliphatic heterocycles. The molecule has 1 atom stereocenters. The van der Waals surface area contributed by atoms with E-state index in [-0.39, 0.29) is 5.41 Å². The van der Waals surface area contributed by atoms with Gasteiger partial charge in [-0.15, -0.1) is 0 Å². The Morgan fingerprint density at radius 3 is 2.56 bits per heavy atom. The fourth-order valence-corrected chi connectivity index (χ4v) is 0.966. The first-order valence-electron chi connectivity index (χ1n) is 3.01. The summed E-state index contributed by atoms with van der Waals surface area (Å²) in [6, 6.07) is 0. The van der Waals surface area contributed by atoms with Crippen LogP contribution in [0.1, 0.15) is 13.8 Å². The van der Waals surface area contributed by atoms with Crippen LogP contribution in [0.25, 0.3) is 0 Å². The minimum absolute atomic E-state index is 0.0359. The molecule has 1 rings (SSSR count). The van der Waals surface area contributed by atoms with Crippen LogP contribution < -0.4 is 0 Å². The predicted octanol–water partition coefficient (Wildman–Crippen LogP) is 2.16. The van der Waals surface area contributed by atoms with Crippen LogP contribution in [0.4, 0.5) is 0 Å². The monoisotopic (exact) mass is 121 g/mol. The van der Waals surface area contributed by atoms with Gasteiger partial charge in [0, 0.05) is 11.6 Å². The SMILES string of the molecule is C=C(C)C1=CC1(C)C=N. The van der Waals surface area contributed by atoms with Gasteiger partial charge in [0.1, 0.15) is 0 Å². The van der Waals surface area contributed by atoms with E-state index in [1.807, 2.05) is 13.8 Å². The zero-order valence-corrected chi connectivity index (χ0v) is 5.86. The van der Waals surface area contributed by atoms with E-state index in [9.17, 15) is 0 Å². The molecule has 0 aromatic carbocycles. The molecule has 48 valence electrons. The van der Waals surface area contributed by atoms with Crippen LogP contribution >= 0.6 is 0 Å². The minimum Gasteiger partial charge on any atom is -0.312 e. The molecule has 0 spiro atoms. The lowest BCUT2D eigenvalue weighted by molar-refractivity contribution is 0.877. The van der Waals surface area contributed by atoms with Gasteiger partial charge in [-0.05, 0) is 19.4 Å². The first-order chi connectivity index (χ1) is 4.10.